The van der Waals surface area contributed by atoms with Gasteiger partial charge in [0.25, 0.3) is 0 Å². The number of ether oxygens (including phenoxy) is 1. The zero-order valence-corrected chi connectivity index (χ0v) is 11.9. The molecule has 3 heteroatoms. The number of rotatable bonds is 8. The molecular formula is C15H26N2O. The SMILES string of the molecule is CCCN(CCCOc1ccccc1N)C(C)C. The molecule has 0 fully saturated rings. The summed E-state index contributed by atoms with van der Waals surface area (Å²) < 4.78 is 5.69. The summed E-state index contributed by atoms with van der Waals surface area (Å²) in [4.78, 5) is 2.48. The maximum absolute atomic E-state index is 5.82. The molecule has 1 aromatic carbocycles. The van der Waals surface area contributed by atoms with E-state index in [0.29, 0.717) is 11.7 Å². The Labute approximate surface area is 111 Å². The van der Waals surface area contributed by atoms with Gasteiger partial charge in [0.05, 0.1) is 12.3 Å². The molecule has 0 heterocycles. The second-order valence-corrected chi connectivity index (χ2v) is 4.87. The summed E-state index contributed by atoms with van der Waals surface area (Å²) in [7, 11) is 0. The van der Waals surface area contributed by atoms with Crippen molar-refractivity contribution in [1.82, 2.24) is 4.90 Å². The van der Waals surface area contributed by atoms with Gasteiger partial charge in [0, 0.05) is 12.6 Å². The van der Waals surface area contributed by atoms with Gasteiger partial charge >= 0.3 is 0 Å². The molecule has 1 aromatic rings. The third kappa shape index (κ3) is 4.96. The van der Waals surface area contributed by atoms with E-state index >= 15 is 0 Å². The van der Waals surface area contributed by atoms with Crippen molar-refractivity contribution in [3.8, 4) is 5.75 Å². The highest BCUT2D eigenvalue weighted by Gasteiger charge is 2.07. The number of nitrogens with zero attached hydrogens (tertiary/aromatic N) is 1. The predicted molar refractivity (Wildman–Crippen MR) is 78.0 cm³/mol. The van der Waals surface area contributed by atoms with E-state index in [2.05, 4.69) is 25.7 Å². The molecular weight excluding hydrogens is 224 g/mol. The number of hydrogen-bond acceptors (Lipinski definition) is 3. The molecule has 102 valence electrons. The van der Waals surface area contributed by atoms with E-state index in [-0.39, 0.29) is 0 Å². The van der Waals surface area contributed by atoms with Gasteiger partial charge in [-0.25, -0.2) is 0 Å². The highest BCUT2D eigenvalue weighted by molar-refractivity contribution is 5.51. The molecule has 1 rings (SSSR count). The van der Waals surface area contributed by atoms with E-state index in [1.165, 1.54) is 6.42 Å². The summed E-state index contributed by atoms with van der Waals surface area (Å²) in [5.41, 5.74) is 6.54. The van der Waals surface area contributed by atoms with Crippen LogP contribution < -0.4 is 10.5 Å². The molecule has 0 atom stereocenters. The van der Waals surface area contributed by atoms with Crippen molar-refractivity contribution in [2.24, 2.45) is 0 Å². The van der Waals surface area contributed by atoms with Gasteiger partial charge < -0.3 is 15.4 Å². The summed E-state index contributed by atoms with van der Waals surface area (Å²) in [5, 5.41) is 0. The zero-order chi connectivity index (χ0) is 13.4. The van der Waals surface area contributed by atoms with Gasteiger partial charge in [0.1, 0.15) is 5.75 Å². The van der Waals surface area contributed by atoms with E-state index in [9.17, 15) is 0 Å². The molecule has 0 amide bonds. The largest absolute Gasteiger partial charge is 0.491 e. The first-order chi connectivity index (χ1) is 8.65. The van der Waals surface area contributed by atoms with Gasteiger partial charge in [-0.05, 0) is 45.4 Å². The van der Waals surface area contributed by atoms with Crippen LogP contribution in [0.15, 0.2) is 24.3 Å². The Kier molecular flexibility index (Phi) is 6.58. The summed E-state index contributed by atoms with van der Waals surface area (Å²) >= 11 is 0. The fourth-order valence-corrected chi connectivity index (χ4v) is 1.98. The molecule has 0 aliphatic carbocycles. The van der Waals surface area contributed by atoms with E-state index < -0.39 is 0 Å². The van der Waals surface area contributed by atoms with Crippen molar-refractivity contribution >= 4 is 5.69 Å². The average molecular weight is 250 g/mol. The third-order valence-corrected chi connectivity index (χ3v) is 3.01. The predicted octanol–water partition coefficient (Wildman–Crippen LogP) is 3.16. The summed E-state index contributed by atoms with van der Waals surface area (Å²) in [5.74, 6) is 0.795. The number of benzene rings is 1. The summed E-state index contributed by atoms with van der Waals surface area (Å²) in [6.45, 7) is 9.67. The molecule has 0 unspecified atom stereocenters. The van der Waals surface area contributed by atoms with Gasteiger partial charge in [-0.3, -0.25) is 0 Å². The number of anilines is 1. The number of nitrogen functional groups attached to an aromatic ring is 1. The first-order valence-corrected chi connectivity index (χ1v) is 6.86. The highest BCUT2D eigenvalue weighted by Crippen LogP contribution is 2.19. The lowest BCUT2D eigenvalue weighted by Crippen LogP contribution is -2.33. The van der Waals surface area contributed by atoms with Crippen molar-refractivity contribution in [2.75, 3.05) is 25.4 Å². The quantitative estimate of drug-likeness (QED) is 0.569. The van der Waals surface area contributed by atoms with Gasteiger partial charge in [-0.15, -0.1) is 0 Å². The minimum atomic E-state index is 0.603. The second kappa shape index (κ2) is 7.98. The van der Waals surface area contributed by atoms with Crippen molar-refractivity contribution in [3.05, 3.63) is 24.3 Å². The Balaban J connectivity index is 2.27. The topological polar surface area (TPSA) is 38.5 Å². The van der Waals surface area contributed by atoms with Crippen LogP contribution in [0, 0.1) is 0 Å². The molecule has 0 saturated carbocycles. The number of nitrogens with two attached hydrogens (primary N) is 1. The molecule has 3 nitrogen and oxygen atoms in total. The van der Waals surface area contributed by atoms with Crippen LogP contribution >= 0.6 is 0 Å². The summed E-state index contributed by atoms with van der Waals surface area (Å²) in [6.07, 6.45) is 2.23. The Bertz CT molecular complexity index is 339. The lowest BCUT2D eigenvalue weighted by molar-refractivity contribution is 0.198. The van der Waals surface area contributed by atoms with Crippen molar-refractivity contribution < 1.29 is 4.74 Å². The van der Waals surface area contributed by atoms with Crippen LogP contribution in [0.1, 0.15) is 33.6 Å². The minimum Gasteiger partial charge on any atom is -0.491 e. The van der Waals surface area contributed by atoms with Crippen molar-refractivity contribution in [3.63, 3.8) is 0 Å². The minimum absolute atomic E-state index is 0.603. The molecule has 0 radical (unpaired) electrons. The Hall–Kier alpha value is -1.22. The van der Waals surface area contributed by atoms with Gasteiger partial charge in [-0.1, -0.05) is 19.1 Å². The molecule has 0 spiro atoms. The van der Waals surface area contributed by atoms with Gasteiger partial charge in [0.2, 0.25) is 0 Å². The third-order valence-electron chi connectivity index (χ3n) is 3.01. The van der Waals surface area contributed by atoms with Crippen LogP contribution in [0.4, 0.5) is 5.69 Å². The first kappa shape index (κ1) is 14.8. The first-order valence-electron chi connectivity index (χ1n) is 6.86. The Morgan fingerprint density at radius 2 is 1.94 bits per heavy atom. The molecule has 0 aliphatic rings. The Morgan fingerprint density at radius 3 is 2.56 bits per heavy atom. The average Bonchev–Trinajstić information content (AvgIpc) is 2.35. The van der Waals surface area contributed by atoms with E-state index in [4.69, 9.17) is 10.5 Å². The van der Waals surface area contributed by atoms with E-state index in [0.717, 1.165) is 31.9 Å². The van der Waals surface area contributed by atoms with Crippen molar-refractivity contribution in [2.45, 2.75) is 39.7 Å². The fourth-order valence-electron chi connectivity index (χ4n) is 1.98. The molecule has 0 aromatic heterocycles. The van der Waals surface area contributed by atoms with Gasteiger partial charge in [-0.2, -0.15) is 0 Å². The van der Waals surface area contributed by atoms with E-state index in [1.807, 2.05) is 24.3 Å². The van der Waals surface area contributed by atoms with Gasteiger partial charge in [0.15, 0.2) is 0 Å². The number of para-hydroxylation sites is 2. The van der Waals surface area contributed by atoms with Crippen LogP contribution in [0.3, 0.4) is 0 Å². The van der Waals surface area contributed by atoms with Crippen LogP contribution in [0.2, 0.25) is 0 Å². The van der Waals surface area contributed by atoms with Crippen LogP contribution in [0.25, 0.3) is 0 Å². The van der Waals surface area contributed by atoms with Crippen LogP contribution in [0.5, 0.6) is 5.75 Å². The summed E-state index contributed by atoms with van der Waals surface area (Å²) in [6, 6.07) is 8.26. The molecule has 2 N–H and O–H groups in total. The smallest absolute Gasteiger partial charge is 0.142 e. The highest BCUT2D eigenvalue weighted by atomic mass is 16.5. The maximum Gasteiger partial charge on any atom is 0.142 e. The van der Waals surface area contributed by atoms with E-state index in [1.54, 1.807) is 0 Å². The van der Waals surface area contributed by atoms with Crippen LogP contribution in [-0.2, 0) is 0 Å². The molecule has 0 saturated heterocycles. The zero-order valence-electron chi connectivity index (χ0n) is 11.9. The second-order valence-electron chi connectivity index (χ2n) is 4.87. The monoisotopic (exact) mass is 250 g/mol. The maximum atomic E-state index is 5.82. The fraction of sp³-hybridized carbons (Fsp3) is 0.600. The molecule has 0 bridgehead atoms. The lowest BCUT2D eigenvalue weighted by atomic mass is 10.2. The normalized spacial score (nSPS) is 11.2. The standard InChI is InChI=1S/C15H26N2O/c1-4-10-17(13(2)3)11-7-12-18-15-9-6-5-8-14(15)16/h5-6,8-9,13H,4,7,10-12,16H2,1-3H3. The Morgan fingerprint density at radius 1 is 1.22 bits per heavy atom. The van der Waals surface area contributed by atoms with Crippen LogP contribution in [-0.4, -0.2) is 30.6 Å². The number of hydrogen-bond donors (Lipinski definition) is 1. The molecule has 0 aliphatic heterocycles. The lowest BCUT2D eigenvalue weighted by Gasteiger charge is -2.25. The van der Waals surface area contributed by atoms with Crippen molar-refractivity contribution in [1.29, 1.82) is 0 Å². The molecule has 18 heavy (non-hydrogen) atoms.